The fourth-order valence-corrected chi connectivity index (χ4v) is 0.714. The fourth-order valence-electron chi connectivity index (χ4n) is 0.714. The molecule has 0 saturated heterocycles. The number of carbonyl (C=O) groups is 3. The quantitative estimate of drug-likeness (QED) is 0.327. The number of hydrogen-bond donors (Lipinski definition) is 4. The minimum atomic E-state index is -2.74. The molecule has 0 amide bonds. The minimum absolute atomic E-state index is 0. The van der Waals surface area contributed by atoms with Gasteiger partial charge in [-0.15, -0.1) is 0 Å². The zero-order valence-corrected chi connectivity index (χ0v) is 13.0. The van der Waals surface area contributed by atoms with Crippen LogP contribution in [0.15, 0.2) is 0 Å². The molecule has 0 aliphatic carbocycles. The third-order valence-electron chi connectivity index (χ3n) is 1.29. The summed E-state index contributed by atoms with van der Waals surface area (Å²) in [6, 6.07) is 0. The minimum Gasteiger partial charge on any atom is -1.00 e. The van der Waals surface area contributed by atoms with Crippen molar-refractivity contribution in [3.63, 3.8) is 0 Å². The Bertz CT molecular complexity index is 243. The van der Waals surface area contributed by atoms with Crippen LogP contribution in [0, 0.1) is 0 Å². The van der Waals surface area contributed by atoms with Crippen molar-refractivity contribution in [3.8, 4) is 0 Å². The molecule has 4 N–H and O–H groups in total. The normalized spacial score (nSPS) is 9.40. The van der Waals surface area contributed by atoms with Crippen molar-refractivity contribution in [2.75, 3.05) is 0 Å². The molecule has 0 rings (SSSR count). The second-order valence-corrected chi connectivity index (χ2v) is 2.48. The summed E-state index contributed by atoms with van der Waals surface area (Å²) in [7, 11) is 0. The van der Waals surface area contributed by atoms with Gasteiger partial charge < -0.3 is 21.9 Å². The van der Waals surface area contributed by atoms with Crippen molar-refractivity contribution in [3.05, 3.63) is 0 Å². The number of aliphatic carboxylic acids is 3. The van der Waals surface area contributed by atoms with Crippen LogP contribution in [-0.2, 0) is 36.8 Å². The Morgan fingerprint density at radius 1 is 1.00 bits per heavy atom. The molecular formula is C6H9AuKO7. The van der Waals surface area contributed by atoms with Gasteiger partial charge in [-0.25, -0.2) is 4.79 Å². The molecule has 0 aliphatic heterocycles. The predicted octanol–water partition coefficient (Wildman–Crippen LogP) is -4.13. The topological polar surface area (TPSA) is 132 Å². The Morgan fingerprint density at radius 2 is 1.27 bits per heavy atom. The standard InChI is InChI=1S/C6H8O7.Au.K.H/c7-3(8)1-6(13,5(11)12)2-4(9)10;;;/h13H,1-2H2,(H,7,8)(H,9,10)(H,11,12);;;/q;;+1;-1. The van der Waals surface area contributed by atoms with E-state index in [1.165, 1.54) is 0 Å². The Hall–Kier alpha value is 0.747. The first kappa shape index (κ1) is 21.1. The molecule has 15 heavy (non-hydrogen) atoms. The van der Waals surface area contributed by atoms with Crippen LogP contribution in [-0.4, -0.2) is 43.9 Å². The van der Waals surface area contributed by atoms with E-state index < -0.39 is 36.4 Å². The molecule has 0 atom stereocenters. The second kappa shape index (κ2) is 8.85. The Morgan fingerprint density at radius 3 is 1.40 bits per heavy atom. The molecular weight excluding hydrogens is 420 g/mol. The SMILES string of the molecule is O=C(O)CC(O)(CC(=O)O)C(=O)O.[Au].[H-].[K+]. The number of aliphatic hydroxyl groups is 1. The van der Waals surface area contributed by atoms with Gasteiger partial charge in [0, 0.05) is 22.4 Å². The molecule has 0 aromatic rings. The van der Waals surface area contributed by atoms with Crippen LogP contribution in [0.4, 0.5) is 0 Å². The molecule has 0 saturated carbocycles. The van der Waals surface area contributed by atoms with Crippen LogP contribution in [0.3, 0.4) is 0 Å². The smallest absolute Gasteiger partial charge is 1.00 e. The van der Waals surface area contributed by atoms with Crippen LogP contribution in [0.2, 0.25) is 0 Å². The predicted molar refractivity (Wildman–Crippen MR) is 38.2 cm³/mol. The summed E-state index contributed by atoms with van der Waals surface area (Å²) < 4.78 is 0. The Labute approximate surface area is 144 Å². The van der Waals surface area contributed by atoms with Gasteiger partial charge in [-0.1, -0.05) is 0 Å². The van der Waals surface area contributed by atoms with Crippen molar-refractivity contribution < 1.29 is 110 Å². The van der Waals surface area contributed by atoms with E-state index in [0.717, 1.165) is 0 Å². The van der Waals surface area contributed by atoms with Gasteiger partial charge >= 0.3 is 69.3 Å². The molecule has 7 nitrogen and oxygen atoms in total. The van der Waals surface area contributed by atoms with E-state index in [9.17, 15) is 14.4 Å². The van der Waals surface area contributed by atoms with Gasteiger partial charge in [0.2, 0.25) is 0 Å². The van der Waals surface area contributed by atoms with Crippen LogP contribution in [0.5, 0.6) is 0 Å². The summed E-state index contributed by atoms with van der Waals surface area (Å²) in [6.07, 6.45) is -2.29. The van der Waals surface area contributed by atoms with E-state index in [1.807, 2.05) is 0 Å². The van der Waals surface area contributed by atoms with Crippen molar-refractivity contribution >= 4 is 17.9 Å². The van der Waals surface area contributed by atoms with E-state index >= 15 is 0 Å². The molecule has 1 radical (unpaired) electrons. The molecule has 0 spiro atoms. The van der Waals surface area contributed by atoms with Gasteiger partial charge in [0.25, 0.3) is 0 Å². The van der Waals surface area contributed by atoms with Crippen LogP contribution in [0.25, 0.3) is 0 Å². The number of carboxylic acid groups (broad SMARTS) is 3. The monoisotopic (exact) mass is 429 g/mol. The van der Waals surface area contributed by atoms with E-state index in [1.54, 1.807) is 0 Å². The van der Waals surface area contributed by atoms with E-state index in [2.05, 4.69) is 0 Å². The summed E-state index contributed by atoms with van der Waals surface area (Å²) >= 11 is 0. The van der Waals surface area contributed by atoms with Gasteiger partial charge in [-0.05, 0) is 0 Å². The van der Waals surface area contributed by atoms with Crippen molar-refractivity contribution in [2.24, 2.45) is 0 Å². The summed E-state index contributed by atoms with van der Waals surface area (Å²) in [4.78, 5) is 30.5. The number of carboxylic acids is 3. The summed E-state index contributed by atoms with van der Waals surface area (Å²) in [6.45, 7) is 0. The van der Waals surface area contributed by atoms with Crippen LogP contribution >= 0.6 is 0 Å². The average molecular weight is 429 g/mol. The van der Waals surface area contributed by atoms with Crippen molar-refractivity contribution in [1.29, 1.82) is 0 Å². The zero-order valence-electron chi connectivity index (χ0n) is 8.73. The molecule has 9 heteroatoms. The maximum absolute atomic E-state index is 10.3. The zero-order chi connectivity index (χ0) is 10.6. The largest absolute Gasteiger partial charge is 1.00 e. The van der Waals surface area contributed by atoms with Gasteiger partial charge in [-0.3, -0.25) is 9.59 Å². The molecule has 0 bridgehead atoms. The molecule has 0 fully saturated rings. The molecule has 0 aliphatic rings. The third kappa shape index (κ3) is 8.54. The second-order valence-electron chi connectivity index (χ2n) is 2.48. The summed E-state index contributed by atoms with van der Waals surface area (Å²) in [5.41, 5.74) is -2.74. The third-order valence-corrected chi connectivity index (χ3v) is 1.29. The Balaban J connectivity index is -0.000000240. The molecule has 0 aromatic carbocycles. The fraction of sp³-hybridized carbons (Fsp3) is 0.500. The van der Waals surface area contributed by atoms with Gasteiger partial charge in [0.1, 0.15) is 0 Å². The number of rotatable bonds is 5. The molecule has 0 unspecified atom stereocenters. The van der Waals surface area contributed by atoms with E-state index in [-0.39, 0.29) is 75.2 Å². The van der Waals surface area contributed by atoms with Crippen molar-refractivity contribution in [2.45, 2.75) is 18.4 Å². The van der Waals surface area contributed by atoms with E-state index in [4.69, 9.17) is 20.4 Å². The first-order valence-corrected chi connectivity index (χ1v) is 3.17. The average Bonchev–Trinajstić information content (AvgIpc) is 1.82. The number of hydrogen-bond acceptors (Lipinski definition) is 4. The van der Waals surface area contributed by atoms with E-state index in [0.29, 0.717) is 0 Å². The summed E-state index contributed by atoms with van der Waals surface area (Å²) in [5, 5.41) is 33.8. The van der Waals surface area contributed by atoms with Crippen molar-refractivity contribution in [1.82, 2.24) is 0 Å². The molecule has 0 aromatic heterocycles. The van der Waals surface area contributed by atoms with Gasteiger partial charge in [0.15, 0.2) is 5.60 Å². The van der Waals surface area contributed by atoms with Gasteiger partial charge in [-0.2, -0.15) is 0 Å². The first-order chi connectivity index (χ1) is 5.78. The maximum atomic E-state index is 10.3. The van der Waals surface area contributed by atoms with Crippen LogP contribution < -0.4 is 51.4 Å². The molecule has 87 valence electrons. The van der Waals surface area contributed by atoms with Crippen LogP contribution in [0.1, 0.15) is 14.3 Å². The Kier molecular flexibility index (Phi) is 12.4. The van der Waals surface area contributed by atoms with Gasteiger partial charge in [0.05, 0.1) is 12.8 Å². The maximum Gasteiger partial charge on any atom is 1.00 e. The first-order valence-electron chi connectivity index (χ1n) is 3.17. The molecule has 0 heterocycles. The summed E-state index contributed by atoms with van der Waals surface area (Å²) in [5.74, 6) is -5.02.